The normalized spacial score (nSPS) is 16.5. The van der Waals surface area contributed by atoms with Crippen LogP contribution in [0.3, 0.4) is 0 Å². The number of amides is 1. The molecule has 1 amide bonds. The smallest absolute Gasteiger partial charge is 0.284 e. The number of aromatic nitrogens is 1. The Hall–Kier alpha value is -3.20. The van der Waals surface area contributed by atoms with Crippen molar-refractivity contribution < 1.29 is 17.6 Å². The van der Waals surface area contributed by atoms with Gasteiger partial charge in [-0.3, -0.25) is 4.79 Å². The highest BCUT2D eigenvalue weighted by Gasteiger charge is 2.19. The first kappa shape index (κ1) is 21.0. The highest BCUT2D eigenvalue weighted by atomic mass is 32.2. The Morgan fingerprint density at radius 2 is 1.97 bits per heavy atom. The van der Waals surface area contributed by atoms with Gasteiger partial charge in [0.1, 0.15) is 17.3 Å². The third-order valence-electron chi connectivity index (χ3n) is 5.28. The molecule has 9 heteroatoms. The lowest BCUT2D eigenvalue weighted by Crippen LogP contribution is -2.26. The fourth-order valence-electron chi connectivity index (χ4n) is 3.59. The second kappa shape index (κ2) is 8.50. The van der Waals surface area contributed by atoms with Gasteiger partial charge in [-0.1, -0.05) is 12.5 Å². The molecule has 0 bridgehead atoms. The van der Waals surface area contributed by atoms with Gasteiger partial charge < -0.3 is 15.2 Å². The summed E-state index contributed by atoms with van der Waals surface area (Å²) in [5.74, 6) is -0.296. The van der Waals surface area contributed by atoms with Gasteiger partial charge in [0, 0.05) is 36.6 Å². The number of nitrogens with zero attached hydrogens (tertiary/aromatic N) is 2. The Kier molecular flexibility index (Phi) is 5.77. The van der Waals surface area contributed by atoms with Crippen LogP contribution in [0.4, 0.5) is 10.1 Å². The Morgan fingerprint density at radius 3 is 2.81 bits per heavy atom. The fraction of sp³-hybridized carbons (Fsp3) is 0.273. The molecule has 1 fully saturated rings. The number of hydrogen-bond donors (Lipinski definition) is 2. The number of sulfonamides is 1. The molecule has 2 aromatic carbocycles. The van der Waals surface area contributed by atoms with Crippen molar-refractivity contribution >= 4 is 38.4 Å². The number of fused-ring (bicyclic) bond motifs is 1. The van der Waals surface area contributed by atoms with E-state index in [0.717, 1.165) is 25.8 Å². The molecule has 0 atom stereocenters. The Labute approximate surface area is 180 Å². The molecule has 4 rings (SSSR count). The molecule has 0 aliphatic carbocycles. The van der Waals surface area contributed by atoms with E-state index in [1.54, 1.807) is 24.3 Å². The van der Waals surface area contributed by atoms with Crippen LogP contribution in [0.5, 0.6) is 0 Å². The summed E-state index contributed by atoms with van der Waals surface area (Å²) in [7, 11) is -2.06. The number of benzene rings is 2. The molecule has 1 aromatic heterocycles. The second-order valence-electron chi connectivity index (χ2n) is 7.61. The van der Waals surface area contributed by atoms with Crippen LogP contribution in [0.25, 0.3) is 10.9 Å². The number of likely N-dealkylation sites (tertiary alicyclic amines) is 1. The maximum Gasteiger partial charge on any atom is 0.284 e. The average Bonchev–Trinajstić information content (AvgIpc) is 3.06. The zero-order valence-corrected chi connectivity index (χ0v) is 17.9. The summed E-state index contributed by atoms with van der Waals surface area (Å²) in [5, 5.41) is 3.26. The van der Waals surface area contributed by atoms with Gasteiger partial charge in [-0.05, 0) is 55.3 Å². The number of aromatic amines is 1. The SMILES string of the molecule is CN1CCCCC/C1=N/S(=O)(=O)c1cccc(NC(=O)c2cc3cc(F)ccc3[nH]2)c1. The molecule has 162 valence electrons. The zero-order valence-electron chi connectivity index (χ0n) is 17.1. The number of carbonyl (C=O) groups excluding carboxylic acids is 1. The maximum atomic E-state index is 13.4. The Balaban J connectivity index is 1.56. The van der Waals surface area contributed by atoms with E-state index in [1.807, 2.05) is 11.9 Å². The van der Waals surface area contributed by atoms with E-state index in [4.69, 9.17) is 0 Å². The van der Waals surface area contributed by atoms with E-state index in [9.17, 15) is 17.6 Å². The Morgan fingerprint density at radius 1 is 1.13 bits per heavy atom. The molecule has 1 aliphatic rings. The first-order chi connectivity index (χ1) is 14.8. The standard InChI is InChI=1S/C22H23FN4O3S/c1-27-11-4-2-3-8-21(27)26-31(29,30)18-7-5-6-17(14-18)24-22(28)20-13-15-12-16(23)9-10-19(15)25-20/h5-7,9-10,12-14,25H,2-4,8,11H2,1H3,(H,24,28)/b26-21-. The number of H-pyrrole nitrogens is 1. The van der Waals surface area contributed by atoms with E-state index in [2.05, 4.69) is 14.7 Å². The lowest BCUT2D eigenvalue weighted by Gasteiger charge is -2.17. The van der Waals surface area contributed by atoms with E-state index >= 15 is 0 Å². The molecule has 2 N–H and O–H groups in total. The molecular formula is C22H23FN4O3S. The van der Waals surface area contributed by atoms with Crippen molar-refractivity contribution in [3.8, 4) is 0 Å². The summed E-state index contributed by atoms with van der Waals surface area (Å²) in [6, 6.07) is 11.7. The van der Waals surface area contributed by atoms with Gasteiger partial charge in [-0.25, -0.2) is 4.39 Å². The Bertz CT molecular complexity index is 1270. The van der Waals surface area contributed by atoms with Crippen LogP contribution in [0, 0.1) is 5.82 Å². The van der Waals surface area contributed by atoms with Gasteiger partial charge >= 0.3 is 0 Å². The first-order valence-corrected chi connectivity index (χ1v) is 11.5. The number of hydrogen-bond acceptors (Lipinski definition) is 3. The highest BCUT2D eigenvalue weighted by molar-refractivity contribution is 7.90. The van der Waals surface area contributed by atoms with Crippen LogP contribution in [-0.4, -0.2) is 43.6 Å². The minimum Gasteiger partial charge on any atom is -0.362 e. The predicted molar refractivity (Wildman–Crippen MR) is 118 cm³/mol. The van der Waals surface area contributed by atoms with Crippen molar-refractivity contribution in [2.45, 2.75) is 30.6 Å². The zero-order chi connectivity index (χ0) is 22.0. The molecular weight excluding hydrogens is 419 g/mol. The molecule has 0 unspecified atom stereocenters. The summed E-state index contributed by atoms with van der Waals surface area (Å²) in [6.07, 6.45) is 3.58. The van der Waals surface area contributed by atoms with Crippen LogP contribution in [-0.2, 0) is 10.0 Å². The van der Waals surface area contributed by atoms with E-state index < -0.39 is 21.7 Å². The molecule has 0 saturated carbocycles. The van der Waals surface area contributed by atoms with Crippen molar-refractivity contribution in [2.24, 2.45) is 4.40 Å². The van der Waals surface area contributed by atoms with E-state index in [0.29, 0.717) is 28.8 Å². The van der Waals surface area contributed by atoms with Crippen LogP contribution < -0.4 is 5.32 Å². The molecule has 3 aromatic rings. The molecule has 1 saturated heterocycles. The molecule has 0 spiro atoms. The first-order valence-electron chi connectivity index (χ1n) is 10.1. The summed E-state index contributed by atoms with van der Waals surface area (Å²) in [4.78, 5) is 17.4. The quantitative estimate of drug-likeness (QED) is 0.635. The third-order valence-corrected chi connectivity index (χ3v) is 6.58. The highest BCUT2D eigenvalue weighted by Crippen LogP contribution is 2.22. The van der Waals surface area contributed by atoms with Crippen LogP contribution in [0.1, 0.15) is 36.2 Å². The van der Waals surface area contributed by atoms with Gasteiger partial charge in [0.05, 0.1) is 4.90 Å². The van der Waals surface area contributed by atoms with Gasteiger partial charge in [0.15, 0.2) is 0 Å². The molecule has 0 radical (unpaired) electrons. The average molecular weight is 443 g/mol. The van der Waals surface area contributed by atoms with Gasteiger partial charge in [0.2, 0.25) is 0 Å². The number of nitrogens with one attached hydrogen (secondary N) is 2. The van der Waals surface area contributed by atoms with Crippen LogP contribution in [0.2, 0.25) is 0 Å². The minimum atomic E-state index is -3.91. The summed E-state index contributed by atoms with van der Waals surface area (Å²) < 4.78 is 43.1. The summed E-state index contributed by atoms with van der Waals surface area (Å²) in [6.45, 7) is 0.777. The molecule has 31 heavy (non-hydrogen) atoms. The number of rotatable bonds is 4. The number of anilines is 1. The van der Waals surface area contributed by atoms with Crippen molar-refractivity contribution in [2.75, 3.05) is 18.9 Å². The summed E-state index contributed by atoms with van der Waals surface area (Å²) in [5.41, 5.74) is 1.20. The number of amidine groups is 1. The maximum absolute atomic E-state index is 13.4. The van der Waals surface area contributed by atoms with E-state index in [1.165, 1.54) is 24.3 Å². The summed E-state index contributed by atoms with van der Waals surface area (Å²) >= 11 is 0. The van der Waals surface area contributed by atoms with Crippen molar-refractivity contribution in [1.82, 2.24) is 9.88 Å². The van der Waals surface area contributed by atoms with Crippen molar-refractivity contribution in [3.05, 3.63) is 60.0 Å². The lowest BCUT2D eigenvalue weighted by atomic mass is 10.2. The second-order valence-corrected chi connectivity index (χ2v) is 9.22. The van der Waals surface area contributed by atoms with Gasteiger partial charge in [-0.15, -0.1) is 4.40 Å². The van der Waals surface area contributed by atoms with Crippen LogP contribution >= 0.6 is 0 Å². The van der Waals surface area contributed by atoms with Gasteiger partial charge in [-0.2, -0.15) is 8.42 Å². The minimum absolute atomic E-state index is 0.00849. The topological polar surface area (TPSA) is 94.6 Å². The fourth-order valence-corrected chi connectivity index (χ4v) is 4.73. The molecule has 2 heterocycles. The molecule has 1 aliphatic heterocycles. The lowest BCUT2D eigenvalue weighted by molar-refractivity contribution is 0.102. The molecule has 7 nitrogen and oxygen atoms in total. The number of carbonyl (C=O) groups is 1. The largest absolute Gasteiger partial charge is 0.362 e. The van der Waals surface area contributed by atoms with Crippen molar-refractivity contribution in [1.29, 1.82) is 0 Å². The third kappa shape index (κ3) is 4.77. The monoisotopic (exact) mass is 442 g/mol. The van der Waals surface area contributed by atoms with Crippen molar-refractivity contribution in [3.63, 3.8) is 0 Å². The number of halogens is 1. The predicted octanol–water partition coefficient (Wildman–Crippen LogP) is 4.15. The van der Waals surface area contributed by atoms with Gasteiger partial charge in [0.25, 0.3) is 15.9 Å². The van der Waals surface area contributed by atoms with Crippen LogP contribution in [0.15, 0.2) is 57.8 Å². The van der Waals surface area contributed by atoms with E-state index in [-0.39, 0.29) is 10.6 Å².